The first-order valence-corrected chi connectivity index (χ1v) is 8.65. The third-order valence-electron chi connectivity index (χ3n) is 4.41. The van der Waals surface area contributed by atoms with Crippen LogP contribution in [-0.4, -0.2) is 46.5 Å². The monoisotopic (exact) mass is 338 g/mol. The molecule has 0 aliphatic carbocycles. The van der Waals surface area contributed by atoms with E-state index in [0.717, 1.165) is 42.5 Å². The van der Waals surface area contributed by atoms with Crippen LogP contribution < -0.4 is 10.6 Å². The Morgan fingerprint density at radius 2 is 2.04 bits per heavy atom. The number of hydrogen-bond donors (Lipinski definition) is 2. The van der Waals surface area contributed by atoms with Crippen molar-refractivity contribution in [2.45, 2.75) is 19.5 Å². The van der Waals surface area contributed by atoms with Gasteiger partial charge in [-0.2, -0.15) is 0 Å². The van der Waals surface area contributed by atoms with Gasteiger partial charge in [0.2, 0.25) is 0 Å². The van der Waals surface area contributed by atoms with Crippen LogP contribution >= 0.6 is 0 Å². The van der Waals surface area contributed by atoms with E-state index in [1.807, 2.05) is 37.5 Å². The summed E-state index contributed by atoms with van der Waals surface area (Å²) in [6.07, 6.45) is 3.95. The van der Waals surface area contributed by atoms with Gasteiger partial charge >= 0.3 is 0 Å². The quantitative estimate of drug-likeness (QED) is 0.618. The Balaban J connectivity index is 1.74. The first-order valence-electron chi connectivity index (χ1n) is 8.65. The molecule has 0 fully saturated rings. The predicted octanol–water partition coefficient (Wildman–Crippen LogP) is 2.55. The summed E-state index contributed by atoms with van der Waals surface area (Å²) in [7, 11) is 4.06. The Morgan fingerprint density at radius 1 is 1.16 bits per heavy atom. The highest BCUT2D eigenvalue weighted by Crippen LogP contribution is 2.19. The largest absolute Gasteiger partial charge is 0.370 e. The van der Waals surface area contributed by atoms with Crippen molar-refractivity contribution in [2.75, 3.05) is 32.5 Å². The lowest BCUT2D eigenvalue weighted by Gasteiger charge is -2.23. The predicted molar refractivity (Wildman–Crippen MR) is 102 cm³/mol. The lowest BCUT2D eigenvalue weighted by molar-refractivity contribution is 0.246. The zero-order valence-electron chi connectivity index (χ0n) is 15.1. The van der Waals surface area contributed by atoms with Gasteiger partial charge in [-0.15, -0.1) is 0 Å². The van der Waals surface area contributed by atoms with Crippen molar-refractivity contribution >= 4 is 11.5 Å². The molecule has 0 unspecified atom stereocenters. The van der Waals surface area contributed by atoms with E-state index in [1.165, 1.54) is 0 Å². The Kier molecular flexibility index (Phi) is 5.63. The molecule has 6 heteroatoms. The standard InChI is InChI=1S/C19H26N6/c1-15(17-7-4-5-10-21-17)24(3)13-16-14-25-18(22-12-11-20-2)8-6-9-19(25)23-16/h4-10,14-15,20,22H,11-13H2,1-3H3/t15-/m0/s1. The smallest absolute Gasteiger partial charge is 0.138 e. The number of nitrogens with one attached hydrogen (secondary N) is 2. The van der Waals surface area contributed by atoms with Crippen LogP contribution in [0.1, 0.15) is 24.4 Å². The van der Waals surface area contributed by atoms with Gasteiger partial charge in [0, 0.05) is 38.1 Å². The first-order chi connectivity index (χ1) is 12.2. The van der Waals surface area contributed by atoms with E-state index in [0.29, 0.717) is 0 Å². The average molecular weight is 338 g/mol. The zero-order chi connectivity index (χ0) is 17.6. The van der Waals surface area contributed by atoms with Gasteiger partial charge in [-0.25, -0.2) is 4.98 Å². The highest BCUT2D eigenvalue weighted by Gasteiger charge is 2.15. The van der Waals surface area contributed by atoms with Crippen LogP contribution in [0.5, 0.6) is 0 Å². The van der Waals surface area contributed by atoms with Crippen LogP contribution in [0.25, 0.3) is 5.65 Å². The minimum atomic E-state index is 0.235. The number of nitrogens with zero attached hydrogens (tertiary/aromatic N) is 4. The third kappa shape index (κ3) is 4.15. The normalized spacial score (nSPS) is 12.6. The molecule has 0 amide bonds. The Labute approximate surface area is 148 Å². The van der Waals surface area contributed by atoms with Crippen molar-refractivity contribution in [1.29, 1.82) is 0 Å². The van der Waals surface area contributed by atoms with Gasteiger partial charge < -0.3 is 10.6 Å². The van der Waals surface area contributed by atoms with E-state index >= 15 is 0 Å². The van der Waals surface area contributed by atoms with Crippen molar-refractivity contribution in [3.63, 3.8) is 0 Å². The fraction of sp³-hybridized carbons (Fsp3) is 0.368. The number of fused-ring (bicyclic) bond motifs is 1. The number of anilines is 1. The molecule has 3 aromatic rings. The molecule has 0 bridgehead atoms. The summed E-state index contributed by atoms with van der Waals surface area (Å²) in [6, 6.07) is 12.4. The number of imidazole rings is 1. The Hall–Kier alpha value is -2.44. The minimum Gasteiger partial charge on any atom is -0.370 e. The molecule has 0 radical (unpaired) electrons. The zero-order valence-corrected chi connectivity index (χ0v) is 15.1. The van der Waals surface area contributed by atoms with Crippen LogP contribution in [0, 0.1) is 0 Å². The summed E-state index contributed by atoms with van der Waals surface area (Å²) >= 11 is 0. The molecule has 3 rings (SSSR count). The minimum absolute atomic E-state index is 0.235. The molecular weight excluding hydrogens is 312 g/mol. The fourth-order valence-electron chi connectivity index (χ4n) is 2.84. The molecule has 3 aromatic heterocycles. The topological polar surface area (TPSA) is 57.5 Å². The number of rotatable bonds is 8. The third-order valence-corrected chi connectivity index (χ3v) is 4.41. The summed E-state index contributed by atoms with van der Waals surface area (Å²) in [4.78, 5) is 11.5. The van der Waals surface area contributed by atoms with Crippen LogP contribution in [0.3, 0.4) is 0 Å². The van der Waals surface area contributed by atoms with Crippen LogP contribution in [0.4, 0.5) is 5.82 Å². The van der Waals surface area contributed by atoms with Gasteiger partial charge in [0.05, 0.1) is 11.4 Å². The maximum absolute atomic E-state index is 4.76. The second-order valence-electron chi connectivity index (χ2n) is 6.25. The first kappa shape index (κ1) is 17.4. The molecule has 0 aromatic carbocycles. The Bertz CT molecular complexity index is 798. The van der Waals surface area contributed by atoms with Crippen molar-refractivity contribution in [3.8, 4) is 0 Å². The fourth-order valence-corrected chi connectivity index (χ4v) is 2.84. The van der Waals surface area contributed by atoms with E-state index in [1.54, 1.807) is 0 Å². The van der Waals surface area contributed by atoms with Crippen molar-refractivity contribution < 1.29 is 0 Å². The van der Waals surface area contributed by atoms with Gasteiger partial charge in [0.15, 0.2) is 0 Å². The summed E-state index contributed by atoms with van der Waals surface area (Å²) in [5.74, 6) is 1.06. The van der Waals surface area contributed by atoms with Crippen molar-refractivity contribution in [1.82, 2.24) is 24.6 Å². The summed E-state index contributed by atoms with van der Waals surface area (Å²) in [5.41, 5.74) is 3.08. The summed E-state index contributed by atoms with van der Waals surface area (Å²) in [5, 5.41) is 6.59. The summed E-state index contributed by atoms with van der Waals surface area (Å²) in [6.45, 7) is 4.74. The molecule has 0 aliphatic heterocycles. The maximum atomic E-state index is 4.76. The van der Waals surface area contributed by atoms with Crippen LogP contribution in [-0.2, 0) is 6.54 Å². The molecule has 1 atom stereocenters. The van der Waals surface area contributed by atoms with E-state index in [9.17, 15) is 0 Å². The second kappa shape index (κ2) is 8.09. The van der Waals surface area contributed by atoms with Gasteiger partial charge in [-0.05, 0) is 45.3 Å². The second-order valence-corrected chi connectivity index (χ2v) is 6.25. The van der Waals surface area contributed by atoms with E-state index in [4.69, 9.17) is 4.98 Å². The van der Waals surface area contributed by atoms with Gasteiger partial charge in [-0.1, -0.05) is 12.1 Å². The molecule has 132 valence electrons. The van der Waals surface area contributed by atoms with Crippen LogP contribution in [0.15, 0.2) is 48.8 Å². The number of aromatic nitrogens is 3. The lowest BCUT2D eigenvalue weighted by Crippen LogP contribution is -2.22. The molecule has 0 spiro atoms. The molecule has 6 nitrogen and oxygen atoms in total. The number of likely N-dealkylation sites (N-methyl/N-ethyl adjacent to an activating group) is 1. The van der Waals surface area contributed by atoms with Gasteiger partial charge in [-0.3, -0.25) is 14.3 Å². The molecule has 0 aliphatic rings. The lowest BCUT2D eigenvalue weighted by atomic mass is 10.2. The maximum Gasteiger partial charge on any atom is 0.138 e. The molecule has 0 saturated heterocycles. The SMILES string of the molecule is CNCCNc1cccc2nc(CN(C)[C@@H](C)c3ccccn3)cn12. The Morgan fingerprint density at radius 3 is 2.80 bits per heavy atom. The van der Waals surface area contributed by atoms with Gasteiger partial charge in [0.1, 0.15) is 11.5 Å². The van der Waals surface area contributed by atoms with E-state index in [-0.39, 0.29) is 6.04 Å². The van der Waals surface area contributed by atoms with E-state index < -0.39 is 0 Å². The van der Waals surface area contributed by atoms with Crippen LogP contribution in [0.2, 0.25) is 0 Å². The van der Waals surface area contributed by atoms with E-state index in [2.05, 4.69) is 57.2 Å². The highest BCUT2D eigenvalue weighted by molar-refractivity contribution is 5.51. The highest BCUT2D eigenvalue weighted by atomic mass is 15.2. The summed E-state index contributed by atoms with van der Waals surface area (Å²) < 4.78 is 2.12. The van der Waals surface area contributed by atoms with Gasteiger partial charge in [0.25, 0.3) is 0 Å². The molecule has 2 N–H and O–H groups in total. The van der Waals surface area contributed by atoms with Crippen molar-refractivity contribution in [2.24, 2.45) is 0 Å². The molecular formula is C19H26N6. The number of hydrogen-bond acceptors (Lipinski definition) is 5. The number of pyridine rings is 2. The molecule has 25 heavy (non-hydrogen) atoms. The average Bonchev–Trinajstić information content (AvgIpc) is 3.05. The molecule has 0 saturated carbocycles. The molecule has 3 heterocycles. The van der Waals surface area contributed by atoms with Crippen molar-refractivity contribution in [3.05, 3.63) is 60.2 Å².